The zero-order valence-corrected chi connectivity index (χ0v) is 12.6. The summed E-state index contributed by atoms with van der Waals surface area (Å²) in [6.07, 6.45) is 0. The highest BCUT2D eigenvalue weighted by Crippen LogP contribution is 2.12. The van der Waals surface area contributed by atoms with Crippen LogP contribution >= 0.6 is 0 Å². The molecule has 0 atom stereocenters. The molecule has 0 bridgehead atoms. The molecular formula is C12H20N4O3S. The molecule has 0 saturated carbocycles. The maximum Gasteiger partial charge on any atom is 0.316 e. The van der Waals surface area contributed by atoms with Gasteiger partial charge in [0.05, 0.1) is 4.90 Å². The van der Waals surface area contributed by atoms with Crippen LogP contribution in [0.5, 0.6) is 0 Å². The topological polar surface area (TPSA) is 90.5 Å². The van der Waals surface area contributed by atoms with Crippen molar-refractivity contribution in [2.24, 2.45) is 0 Å². The van der Waals surface area contributed by atoms with Gasteiger partial charge in [-0.25, -0.2) is 17.9 Å². The van der Waals surface area contributed by atoms with E-state index in [2.05, 4.69) is 15.4 Å². The first-order chi connectivity index (χ1) is 9.36. The molecule has 0 unspecified atom stereocenters. The van der Waals surface area contributed by atoms with E-state index in [0.29, 0.717) is 0 Å². The minimum absolute atomic E-state index is 0.135. The van der Waals surface area contributed by atoms with Crippen LogP contribution in [0.2, 0.25) is 0 Å². The lowest BCUT2D eigenvalue weighted by molar-refractivity contribution is 0.217. The van der Waals surface area contributed by atoms with Crippen molar-refractivity contribution in [3.63, 3.8) is 0 Å². The molecule has 2 amide bonds. The predicted molar refractivity (Wildman–Crippen MR) is 78.3 cm³/mol. The van der Waals surface area contributed by atoms with E-state index in [1.807, 2.05) is 0 Å². The number of carbonyl (C=O) groups excluding carboxylic acids is 1. The van der Waals surface area contributed by atoms with Crippen LogP contribution in [0.15, 0.2) is 29.2 Å². The Bertz CT molecular complexity index is 540. The van der Waals surface area contributed by atoms with E-state index in [9.17, 15) is 13.2 Å². The molecule has 0 spiro atoms. The smallest absolute Gasteiger partial charge is 0.316 e. The van der Waals surface area contributed by atoms with Crippen molar-refractivity contribution in [1.82, 2.24) is 14.9 Å². The van der Waals surface area contributed by atoms with Crippen molar-refractivity contribution >= 4 is 21.7 Å². The minimum Gasteiger partial charge on any atom is -0.388 e. The van der Waals surface area contributed by atoms with Crippen molar-refractivity contribution in [2.75, 3.05) is 39.5 Å². The van der Waals surface area contributed by atoms with Crippen molar-refractivity contribution in [1.29, 1.82) is 0 Å². The first-order valence-corrected chi connectivity index (χ1v) is 7.58. The largest absolute Gasteiger partial charge is 0.388 e. The van der Waals surface area contributed by atoms with Gasteiger partial charge in [0.25, 0.3) is 0 Å². The number of amides is 2. The molecule has 0 heterocycles. The number of anilines is 1. The SMILES string of the molecule is CNc1ccc(S(=O)(=O)NCCNC(=O)N(C)C)cc1. The Morgan fingerprint density at radius 2 is 1.75 bits per heavy atom. The zero-order valence-electron chi connectivity index (χ0n) is 11.8. The first-order valence-electron chi connectivity index (χ1n) is 6.09. The van der Waals surface area contributed by atoms with Gasteiger partial charge in [0, 0.05) is 39.9 Å². The molecule has 0 aliphatic heterocycles. The summed E-state index contributed by atoms with van der Waals surface area (Å²) in [7, 11) is 1.44. The summed E-state index contributed by atoms with van der Waals surface area (Å²) in [5.74, 6) is 0. The summed E-state index contributed by atoms with van der Waals surface area (Å²) in [5, 5.41) is 5.49. The molecule has 20 heavy (non-hydrogen) atoms. The van der Waals surface area contributed by atoms with E-state index in [0.717, 1.165) is 5.69 Å². The van der Waals surface area contributed by atoms with E-state index in [4.69, 9.17) is 0 Å². The number of benzene rings is 1. The van der Waals surface area contributed by atoms with Gasteiger partial charge in [0.2, 0.25) is 10.0 Å². The molecule has 0 aliphatic rings. The second-order valence-corrected chi connectivity index (χ2v) is 6.07. The monoisotopic (exact) mass is 300 g/mol. The lowest BCUT2D eigenvalue weighted by Gasteiger charge is -2.12. The second kappa shape index (κ2) is 7.11. The fourth-order valence-electron chi connectivity index (χ4n) is 1.40. The van der Waals surface area contributed by atoms with Gasteiger partial charge < -0.3 is 15.5 Å². The van der Waals surface area contributed by atoms with Crippen molar-refractivity contribution in [2.45, 2.75) is 4.90 Å². The molecule has 1 aromatic carbocycles. The Balaban J connectivity index is 2.51. The van der Waals surface area contributed by atoms with Crippen LogP contribution in [-0.2, 0) is 10.0 Å². The number of sulfonamides is 1. The van der Waals surface area contributed by atoms with E-state index in [1.54, 1.807) is 33.3 Å². The van der Waals surface area contributed by atoms with Crippen molar-refractivity contribution in [3.8, 4) is 0 Å². The molecule has 0 fully saturated rings. The van der Waals surface area contributed by atoms with Crippen LogP contribution in [0.1, 0.15) is 0 Å². The van der Waals surface area contributed by atoms with Crippen LogP contribution in [0, 0.1) is 0 Å². The summed E-state index contributed by atoms with van der Waals surface area (Å²) in [6, 6.07) is 6.15. The van der Waals surface area contributed by atoms with Gasteiger partial charge in [0.15, 0.2) is 0 Å². The van der Waals surface area contributed by atoms with E-state index in [1.165, 1.54) is 17.0 Å². The van der Waals surface area contributed by atoms with Gasteiger partial charge in [0.1, 0.15) is 0 Å². The summed E-state index contributed by atoms with van der Waals surface area (Å²) >= 11 is 0. The third-order valence-corrected chi connectivity index (χ3v) is 4.03. The normalized spacial score (nSPS) is 10.9. The van der Waals surface area contributed by atoms with Crippen LogP contribution in [0.3, 0.4) is 0 Å². The van der Waals surface area contributed by atoms with Crippen molar-refractivity contribution in [3.05, 3.63) is 24.3 Å². The minimum atomic E-state index is -3.55. The lowest BCUT2D eigenvalue weighted by atomic mass is 10.3. The number of nitrogens with zero attached hydrogens (tertiary/aromatic N) is 1. The molecule has 1 aromatic rings. The maximum absolute atomic E-state index is 12.0. The average Bonchev–Trinajstić information content (AvgIpc) is 2.43. The molecule has 0 saturated heterocycles. The van der Waals surface area contributed by atoms with Gasteiger partial charge in [-0.2, -0.15) is 0 Å². The fourth-order valence-corrected chi connectivity index (χ4v) is 2.43. The summed E-state index contributed by atoms with van der Waals surface area (Å²) in [5.41, 5.74) is 0.835. The number of hydrogen-bond acceptors (Lipinski definition) is 4. The Morgan fingerprint density at radius 3 is 2.25 bits per heavy atom. The highest BCUT2D eigenvalue weighted by Gasteiger charge is 2.13. The molecule has 112 valence electrons. The number of carbonyl (C=O) groups is 1. The Kier molecular flexibility index (Phi) is 5.78. The number of rotatable bonds is 6. The van der Waals surface area contributed by atoms with E-state index < -0.39 is 10.0 Å². The van der Waals surface area contributed by atoms with Gasteiger partial charge in [-0.05, 0) is 24.3 Å². The van der Waals surface area contributed by atoms with Crippen LogP contribution in [0.4, 0.5) is 10.5 Å². The van der Waals surface area contributed by atoms with Gasteiger partial charge in [-0.15, -0.1) is 0 Å². The quantitative estimate of drug-likeness (QED) is 0.658. The fraction of sp³-hybridized carbons (Fsp3) is 0.417. The molecule has 3 N–H and O–H groups in total. The number of hydrogen-bond donors (Lipinski definition) is 3. The Morgan fingerprint density at radius 1 is 1.15 bits per heavy atom. The molecular weight excluding hydrogens is 280 g/mol. The Hall–Kier alpha value is -1.80. The molecule has 0 aliphatic carbocycles. The maximum atomic E-state index is 12.0. The number of nitrogens with one attached hydrogen (secondary N) is 3. The molecule has 8 heteroatoms. The van der Waals surface area contributed by atoms with Crippen LogP contribution in [0.25, 0.3) is 0 Å². The third kappa shape index (κ3) is 4.71. The molecule has 1 rings (SSSR count). The summed E-state index contributed by atoms with van der Waals surface area (Å²) in [6.45, 7) is 0.362. The molecule has 0 aromatic heterocycles. The van der Waals surface area contributed by atoms with Gasteiger partial charge in [-0.1, -0.05) is 0 Å². The predicted octanol–water partition coefficient (Wildman–Crippen LogP) is 0.278. The lowest BCUT2D eigenvalue weighted by Crippen LogP contribution is -2.39. The summed E-state index contributed by atoms with van der Waals surface area (Å²) < 4.78 is 26.3. The first kappa shape index (κ1) is 16.3. The number of urea groups is 1. The summed E-state index contributed by atoms with van der Waals surface area (Å²) in [4.78, 5) is 12.8. The van der Waals surface area contributed by atoms with Crippen molar-refractivity contribution < 1.29 is 13.2 Å². The second-order valence-electron chi connectivity index (χ2n) is 4.30. The van der Waals surface area contributed by atoms with Crippen LogP contribution < -0.4 is 15.4 Å². The van der Waals surface area contributed by atoms with Gasteiger partial charge in [-0.3, -0.25) is 0 Å². The zero-order chi connectivity index (χ0) is 15.2. The highest BCUT2D eigenvalue weighted by molar-refractivity contribution is 7.89. The standard InChI is InChI=1S/C12H20N4O3S/c1-13-10-4-6-11(7-5-10)20(18,19)15-9-8-14-12(17)16(2)3/h4-7,13,15H,8-9H2,1-3H3,(H,14,17). The van der Waals surface area contributed by atoms with Gasteiger partial charge >= 0.3 is 6.03 Å². The van der Waals surface area contributed by atoms with Crippen LogP contribution in [-0.4, -0.2) is 53.6 Å². The third-order valence-electron chi connectivity index (χ3n) is 2.55. The molecule has 7 nitrogen and oxygen atoms in total. The Labute approximate surface area is 119 Å². The van der Waals surface area contributed by atoms with E-state index in [-0.39, 0.29) is 24.0 Å². The van der Waals surface area contributed by atoms with E-state index >= 15 is 0 Å². The average molecular weight is 300 g/mol. The molecule has 0 radical (unpaired) electrons. The highest BCUT2D eigenvalue weighted by atomic mass is 32.2.